The normalized spacial score (nSPS) is 19.4. The summed E-state index contributed by atoms with van der Waals surface area (Å²) >= 11 is 0. The van der Waals surface area contributed by atoms with Crippen LogP contribution in [0.2, 0.25) is 0 Å². The zero-order chi connectivity index (χ0) is 12.2. The first-order valence-corrected chi connectivity index (χ1v) is 8.40. The van der Waals surface area contributed by atoms with Crippen LogP contribution in [-0.2, 0) is 19.5 Å². The lowest BCUT2D eigenvalue weighted by atomic mass is 10.6. The third-order valence-corrected chi connectivity index (χ3v) is 5.40. The zero-order valence-corrected chi connectivity index (χ0v) is 11.4. The summed E-state index contributed by atoms with van der Waals surface area (Å²) in [4.78, 5) is 0. The SMILES string of the molecule is CC(C)[S@@](C)(=N)=O.CC(C)[S@](C)(=N)=O. The van der Waals surface area contributed by atoms with Crippen molar-refractivity contribution in [2.24, 2.45) is 0 Å². The summed E-state index contributed by atoms with van der Waals surface area (Å²) < 4.78 is 34.9. The van der Waals surface area contributed by atoms with Gasteiger partial charge in [-0.3, -0.25) is 9.56 Å². The highest BCUT2D eigenvalue weighted by Crippen LogP contribution is 1.94. The smallest absolute Gasteiger partial charge is 0.0435 e. The van der Waals surface area contributed by atoms with Crippen LogP contribution in [0.4, 0.5) is 0 Å². The maximum atomic E-state index is 10.6. The molecule has 2 N–H and O–H groups in total. The molecule has 0 fully saturated rings. The van der Waals surface area contributed by atoms with E-state index in [9.17, 15) is 8.42 Å². The Balaban J connectivity index is 0. The van der Waals surface area contributed by atoms with Crippen LogP contribution in [0.3, 0.4) is 0 Å². The van der Waals surface area contributed by atoms with Gasteiger partial charge in [-0.15, -0.1) is 0 Å². The maximum absolute atomic E-state index is 10.6. The minimum absolute atomic E-state index is 0.00694. The first-order chi connectivity index (χ1) is 5.89. The van der Waals surface area contributed by atoms with Crippen molar-refractivity contribution < 1.29 is 8.42 Å². The lowest BCUT2D eigenvalue weighted by Crippen LogP contribution is -2.08. The molecule has 0 amide bonds. The van der Waals surface area contributed by atoms with Crippen molar-refractivity contribution in [3.05, 3.63) is 0 Å². The fraction of sp³-hybridized carbons (Fsp3) is 1.00. The molecule has 0 saturated carbocycles. The number of hydrogen-bond acceptors (Lipinski definition) is 4. The van der Waals surface area contributed by atoms with E-state index in [-0.39, 0.29) is 10.5 Å². The molecule has 14 heavy (non-hydrogen) atoms. The van der Waals surface area contributed by atoms with Crippen LogP contribution in [0.15, 0.2) is 0 Å². The predicted molar refractivity (Wildman–Crippen MR) is 63.8 cm³/mol. The molecule has 0 bridgehead atoms. The Hall–Kier alpha value is -0.100. The van der Waals surface area contributed by atoms with Crippen molar-refractivity contribution >= 4 is 19.5 Å². The molecule has 0 aromatic rings. The third-order valence-electron chi connectivity index (χ3n) is 1.80. The average molecular weight is 242 g/mol. The second-order valence-electron chi connectivity index (χ2n) is 3.91. The van der Waals surface area contributed by atoms with Crippen molar-refractivity contribution in [2.75, 3.05) is 12.5 Å². The van der Waals surface area contributed by atoms with Crippen LogP contribution in [-0.4, -0.2) is 31.4 Å². The van der Waals surface area contributed by atoms with Crippen LogP contribution in [0.25, 0.3) is 0 Å². The highest BCUT2D eigenvalue weighted by atomic mass is 32.2. The largest absolute Gasteiger partial charge is 0.253 e. The molecule has 0 spiro atoms. The molecule has 88 valence electrons. The van der Waals surface area contributed by atoms with Crippen LogP contribution in [0, 0.1) is 9.56 Å². The Morgan fingerprint density at radius 1 is 0.786 bits per heavy atom. The second kappa shape index (κ2) is 5.70. The molecule has 0 saturated heterocycles. The van der Waals surface area contributed by atoms with Crippen LogP contribution < -0.4 is 0 Å². The van der Waals surface area contributed by atoms with E-state index in [1.807, 2.05) is 0 Å². The average Bonchev–Trinajstić information content (AvgIpc) is 1.83. The monoisotopic (exact) mass is 242 g/mol. The number of hydrogen-bond donors (Lipinski definition) is 2. The highest BCUT2D eigenvalue weighted by Gasteiger charge is 2.01. The Kier molecular flexibility index (Phi) is 6.65. The van der Waals surface area contributed by atoms with E-state index < -0.39 is 19.5 Å². The molecule has 0 heterocycles. The third kappa shape index (κ3) is 9.98. The first-order valence-electron chi connectivity index (χ1n) is 4.34. The summed E-state index contributed by atoms with van der Waals surface area (Å²) in [5, 5.41) is -0.0139. The quantitative estimate of drug-likeness (QED) is 0.777. The molecule has 0 rings (SSSR count). The minimum Gasteiger partial charge on any atom is -0.253 e. The molecule has 2 atom stereocenters. The summed E-state index contributed by atoms with van der Waals surface area (Å²) in [5.41, 5.74) is 0. The standard InChI is InChI=1S/2C4H11NOS/c2*1-4(2)7(3,5)6/h2*4-5H,1-3H3/t2*7-/m10/s1. The summed E-state index contributed by atoms with van der Waals surface area (Å²) in [5.74, 6) is 0. The Morgan fingerprint density at radius 2 is 0.857 bits per heavy atom. The van der Waals surface area contributed by atoms with Crippen molar-refractivity contribution in [1.29, 1.82) is 9.56 Å². The summed E-state index contributed by atoms with van der Waals surface area (Å²) in [7, 11) is -4.48. The van der Waals surface area contributed by atoms with Crippen molar-refractivity contribution in [3.63, 3.8) is 0 Å². The minimum atomic E-state index is -2.24. The van der Waals surface area contributed by atoms with Gasteiger partial charge in [-0.1, -0.05) is 27.7 Å². The lowest BCUT2D eigenvalue weighted by Gasteiger charge is -2.00. The molecule has 4 nitrogen and oxygen atoms in total. The van der Waals surface area contributed by atoms with Gasteiger partial charge in [0.15, 0.2) is 0 Å². The van der Waals surface area contributed by atoms with Gasteiger partial charge >= 0.3 is 0 Å². The molecule has 0 aliphatic rings. The molecule has 0 aromatic heterocycles. The first kappa shape index (κ1) is 16.3. The van der Waals surface area contributed by atoms with E-state index in [1.165, 1.54) is 12.5 Å². The van der Waals surface area contributed by atoms with Crippen molar-refractivity contribution in [1.82, 2.24) is 0 Å². The molecular weight excluding hydrogens is 220 g/mol. The summed E-state index contributed by atoms with van der Waals surface area (Å²) in [6.07, 6.45) is 2.91. The number of rotatable bonds is 2. The summed E-state index contributed by atoms with van der Waals surface area (Å²) in [6.45, 7) is 7.15. The van der Waals surface area contributed by atoms with Gasteiger partial charge in [0.25, 0.3) is 0 Å². The van der Waals surface area contributed by atoms with Gasteiger partial charge in [0.05, 0.1) is 0 Å². The van der Waals surface area contributed by atoms with E-state index in [1.54, 1.807) is 27.7 Å². The van der Waals surface area contributed by atoms with Gasteiger partial charge in [-0.05, 0) is 0 Å². The van der Waals surface area contributed by atoms with Crippen LogP contribution in [0.5, 0.6) is 0 Å². The molecule has 0 aliphatic carbocycles. The van der Waals surface area contributed by atoms with E-state index in [4.69, 9.17) is 9.56 Å². The molecule has 0 unspecified atom stereocenters. The maximum Gasteiger partial charge on any atom is 0.0435 e. The Bertz CT molecular complexity index is 304. The van der Waals surface area contributed by atoms with E-state index >= 15 is 0 Å². The van der Waals surface area contributed by atoms with Crippen LogP contribution in [0.1, 0.15) is 27.7 Å². The lowest BCUT2D eigenvalue weighted by molar-refractivity contribution is 0.671. The Morgan fingerprint density at radius 3 is 0.857 bits per heavy atom. The second-order valence-corrected chi connectivity index (χ2v) is 9.41. The van der Waals surface area contributed by atoms with Gasteiger partial charge in [0.2, 0.25) is 0 Å². The highest BCUT2D eigenvalue weighted by molar-refractivity contribution is 7.92. The van der Waals surface area contributed by atoms with Crippen molar-refractivity contribution in [3.8, 4) is 0 Å². The fourth-order valence-electron chi connectivity index (χ4n) is 0. The van der Waals surface area contributed by atoms with Gasteiger partial charge in [0.1, 0.15) is 0 Å². The van der Waals surface area contributed by atoms with E-state index in [2.05, 4.69) is 0 Å². The predicted octanol–water partition coefficient (Wildman–Crippen LogP) is 2.14. The van der Waals surface area contributed by atoms with Gasteiger partial charge in [0, 0.05) is 42.5 Å². The van der Waals surface area contributed by atoms with Crippen LogP contribution >= 0.6 is 0 Å². The summed E-state index contributed by atoms with van der Waals surface area (Å²) in [6, 6.07) is 0. The number of nitrogens with one attached hydrogen (secondary N) is 2. The van der Waals surface area contributed by atoms with E-state index in [0.717, 1.165) is 0 Å². The molecule has 0 radical (unpaired) electrons. The van der Waals surface area contributed by atoms with E-state index in [0.29, 0.717) is 0 Å². The molecular formula is C8H22N2O2S2. The molecule has 0 aliphatic heterocycles. The zero-order valence-electron chi connectivity index (χ0n) is 9.79. The Labute approximate surface area is 88.4 Å². The molecule has 6 heteroatoms. The fourth-order valence-corrected chi connectivity index (χ4v) is 0. The van der Waals surface area contributed by atoms with Gasteiger partial charge in [-0.2, -0.15) is 0 Å². The van der Waals surface area contributed by atoms with Crippen molar-refractivity contribution in [2.45, 2.75) is 38.2 Å². The topological polar surface area (TPSA) is 81.8 Å². The van der Waals surface area contributed by atoms with Gasteiger partial charge < -0.3 is 0 Å². The van der Waals surface area contributed by atoms with Gasteiger partial charge in [-0.25, -0.2) is 8.42 Å². The molecule has 0 aromatic carbocycles.